The summed E-state index contributed by atoms with van der Waals surface area (Å²) in [4.78, 5) is 8.95. The lowest BCUT2D eigenvalue weighted by Gasteiger charge is -2.26. The van der Waals surface area contributed by atoms with Gasteiger partial charge in [0.25, 0.3) is 0 Å². The topological polar surface area (TPSA) is 31.9 Å². The van der Waals surface area contributed by atoms with Gasteiger partial charge in [-0.15, -0.1) is 0 Å². The lowest BCUT2D eigenvalue weighted by atomic mass is 10.1. The number of hydrogen-bond donors (Lipinski definition) is 1. The maximum Gasteiger partial charge on any atom is 0.401 e. The SMILES string of the molecule is CCCc1nc2c([nH]1)CN(CC(F)(F)F)CC2. The Hall–Kier alpha value is -1.04. The highest BCUT2D eigenvalue weighted by Crippen LogP contribution is 2.22. The molecule has 1 aliphatic rings. The number of aromatic amines is 1. The second-order valence-electron chi connectivity index (χ2n) is 4.43. The first-order chi connectivity index (χ1) is 7.98. The van der Waals surface area contributed by atoms with E-state index < -0.39 is 12.7 Å². The average molecular weight is 247 g/mol. The number of imidazole rings is 1. The normalized spacial score (nSPS) is 17.2. The van der Waals surface area contributed by atoms with E-state index in [1.54, 1.807) is 0 Å². The van der Waals surface area contributed by atoms with Crippen molar-refractivity contribution in [2.75, 3.05) is 13.1 Å². The van der Waals surface area contributed by atoms with Crippen LogP contribution < -0.4 is 0 Å². The summed E-state index contributed by atoms with van der Waals surface area (Å²) in [6, 6.07) is 0. The average Bonchev–Trinajstić information content (AvgIpc) is 2.57. The van der Waals surface area contributed by atoms with Crippen molar-refractivity contribution in [3.63, 3.8) is 0 Å². The number of fused-ring (bicyclic) bond motifs is 1. The van der Waals surface area contributed by atoms with E-state index in [2.05, 4.69) is 16.9 Å². The van der Waals surface area contributed by atoms with E-state index in [1.165, 1.54) is 4.90 Å². The second-order valence-corrected chi connectivity index (χ2v) is 4.43. The van der Waals surface area contributed by atoms with Gasteiger partial charge in [-0.05, 0) is 6.42 Å². The molecule has 0 spiro atoms. The number of H-pyrrole nitrogens is 1. The lowest BCUT2D eigenvalue weighted by Crippen LogP contribution is -2.38. The smallest absolute Gasteiger partial charge is 0.345 e. The fraction of sp³-hybridized carbons (Fsp3) is 0.727. The van der Waals surface area contributed by atoms with Gasteiger partial charge in [0.2, 0.25) is 0 Å². The molecule has 1 aromatic heterocycles. The summed E-state index contributed by atoms with van der Waals surface area (Å²) in [5.74, 6) is 0.895. The van der Waals surface area contributed by atoms with Crippen LogP contribution in [0.1, 0.15) is 30.6 Å². The van der Waals surface area contributed by atoms with E-state index in [1.807, 2.05) is 0 Å². The number of rotatable bonds is 3. The van der Waals surface area contributed by atoms with E-state index in [0.717, 1.165) is 30.1 Å². The minimum absolute atomic E-state index is 0.325. The summed E-state index contributed by atoms with van der Waals surface area (Å²) in [7, 11) is 0. The Bertz CT molecular complexity index is 384. The van der Waals surface area contributed by atoms with Crippen LogP contribution in [-0.2, 0) is 19.4 Å². The molecular weight excluding hydrogens is 231 g/mol. The fourth-order valence-electron chi connectivity index (χ4n) is 2.15. The Balaban J connectivity index is 2.03. The molecule has 0 radical (unpaired) electrons. The number of aromatic nitrogens is 2. The Morgan fingerprint density at radius 1 is 1.41 bits per heavy atom. The van der Waals surface area contributed by atoms with Gasteiger partial charge in [0.05, 0.1) is 17.9 Å². The first-order valence-electron chi connectivity index (χ1n) is 5.83. The standard InChI is InChI=1S/C11H16F3N3/c1-2-3-10-15-8-4-5-17(6-9(8)16-10)7-11(12,13)14/h2-7H2,1H3,(H,15,16). The maximum absolute atomic E-state index is 12.3. The molecule has 0 aromatic carbocycles. The van der Waals surface area contributed by atoms with Crippen molar-refractivity contribution >= 4 is 0 Å². The molecule has 1 aromatic rings. The van der Waals surface area contributed by atoms with Gasteiger partial charge in [-0.25, -0.2) is 4.98 Å². The number of halogens is 3. The molecule has 1 N–H and O–H groups in total. The van der Waals surface area contributed by atoms with Crippen molar-refractivity contribution in [3.8, 4) is 0 Å². The van der Waals surface area contributed by atoms with E-state index in [4.69, 9.17) is 0 Å². The van der Waals surface area contributed by atoms with Gasteiger partial charge < -0.3 is 4.98 Å². The third-order valence-electron chi connectivity index (χ3n) is 2.85. The highest BCUT2D eigenvalue weighted by molar-refractivity contribution is 5.18. The summed E-state index contributed by atoms with van der Waals surface area (Å²) in [5, 5.41) is 0. The molecule has 2 heterocycles. The fourth-order valence-corrected chi connectivity index (χ4v) is 2.15. The van der Waals surface area contributed by atoms with E-state index in [9.17, 15) is 13.2 Å². The largest absolute Gasteiger partial charge is 0.401 e. The minimum atomic E-state index is -4.12. The van der Waals surface area contributed by atoms with Crippen LogP contribution in [0.5, 0.6) is 0 Å². The Morgan fingerprint density at radius 3 is 2.82 bits per heavy atom. The number of alkyl halides is 3. The molecule has 2 rings (SSSR count). The number of hydrogen-bond acceptors (Lipinski definition) is 2. The van der Waals surface area contributed by atoms with Crippen LogP contribution >= 0.6 is 0 Å². The van der Waals surface area contributed by atoms with Crippen LogP contribution in [0.25, 0.3) is 0 Å². The molecule has 96 valence electrons. The summed E-state index contributed by atoms with van der Waals surface area (Å²) >= 11 is 0. The van der Waals surface area contributed by atoms with E-state index in [0.29, 0.717) is 19.5 Å². The first-order valence-corrected chi connectivity index (χ1v) is 5.83. The monoisotopic (exact) mass is 247 g/mol. The third-order valence-corrected chi connectivity index (χ3v) is 2.85. The molecule has 0 aliphatic carbocycles. The molecule has 0 atom stereocenters. The van der Waals surface area contributed by atoms with E-state index in [-0.39, 0.29) is 0 Å². The molecule has 0 saturated carbocycles. The van der Waals surface area contributed by atoms with Crippen LogP contribution in [0.3, 0.4) is 0 Å². The van der Waals surface area contributed by atoms with Crippen LogP contribution in [0.2, 0.25) is 0 Å². The maximum atomic E-state index is 12.3. The summed E-state index contributed by atoms with van der Waals surface area (Å²) < 4.78 is 36.8. The van der Waals surface area contributed by atoms with Gasteiger partial charge in [-0.2, -0.15) is 13.2 Å². The zero-order valence-electron chi connectivity index (χ0n) is 9.77. The predicted molar refractivity (Wildman–Crippen MR) is 57.6 cm³/mol. The zero-order valence-corrected chi connectivity index (χ0v) is 9.77. The first kappa shape index (κ1) is 12.4. The quantitative estimate of drug-likeness (QED) is 0.888. The Labute approximate surface area is 98.0 Å². The Kier molecular flexibility index (Phi) is 3.42. The molecule has 6 heteroatoms. The summed E-state index contributed by atoms with van der Waals surface area (Å²) in [5.41, 5.74) is 1.79. The van der Waals surface area contributed by atoms with Crippen molar-refractivity contribution in [2.24, 2.45) is 0 Å². The molecule has 0 unspecified atom stereocenters. The molecule has 17 heavy (non-hydrogen) atoms. The van der Waals surface area contributed by atoms with Gasteiger partial charge in [0.1, 0.15) is 5.82 Å². The zero-order chi connectivity index (χ0) is 12.5. The van der Waals surface area contributed by atoms with Crippen LogP contribution in [0.4, 0.5) is 13.2 Å². The van der Waals surface area contributed by atoms with Gasteiger partial charge >= 0.3 is 6.18 Å². The molecule has 0 saturated heterocycles. The van der Waals surface area contributed by atoms with Gasteiger partial charge in [-0.3, -0.25) is 4.90 Å². The summed E-state index contributed by atoms with van der Waals surface area (Å²) in [6.45, 7) is 1.97. The van der Waals surface area contributed by atoms with Crippen molar-refractivity contribution in [1.29, 1.82) is 0 Å². The molecule has 3 nitrogen and oxygen atoms in total. The number of nitrogens with zero attached hydrogens (tertiary/aromatic N) is 2. The van der Waals surface area contributed by atoms with Gasteiger partial charge in [0, 0.05) is 25.9 Å². The van der Waals surface area contributed by atoms with Crippen LogP contribution in [0, 0.1) is 0 Å². The number of nitrogens with one attached hydrogen (secondary N) is 1. The number of aryl methyl sites for hydroxylation is 1. The minimum Gasteiger partial charge on any atom is -0.345 e. The predicted octanol–water partition coefficient (Wildman–Crippen LogP) is 2.28. The molecular formula is C11H16F3N3. The highest BCUT2D eigenvalue weighted by atomic mass is 19.4. The summed E-state index contributed by atoms with van der Waals surface area (Å²) in [6.07, 6.45) is -1.68. The van der Waals surface area contributed by atoms with Crippen molar-refractivity contribution in [1.82, 2.24) is 14.9 Å². The second kappa shape index (κ2) is 4.68. The molecule has 0 amide bonds. The molecule has 0 bridgehead atoms. The Morgan fingerprint density at radius 2 is 2.18 bits per heavy atom. The lowest BCUT2D eigenvalue weighted by molar-refractivity contribution is -0.147. The molecule has 1 aliphatic heterocycles. The third kappa shape index (κ3) is 3.21. The van der Waals surface area contributed by atoms with Crippen molar-refractivity contribution in [2.45, 2.75) is 38.9 Å². The molecule has 0 fully saturated rings. The highest BCUT2D eigenvalue weighted by Gasteiger charge is 2.32. The van der Waals surface area contributed by atoms with Crippen LogP contribution in [0.15, 0.2) is 0 Å². The van der Waals surface area contributed by atoms with Gasteiger partial charge in [-0.1, -0.05) is 6.92 Å². The van der Waals surface area contributed by atoms with E-state index >= 15 is 0 Å². The van der Waals surface area contributed by atoms with Crippen molar-refractivity contribution < 1.29 is 13.2 Å². The van der Waals surface area contributed by atoms with Gasteiger partial charge in [0.15, 0.2) is 0 Å². The van der Waals surface area contributed by atoms with Crippen molar-refractivity contribution in [3.05, 3.63) is 17.2 Å². The van der Waals surface area contributed by atoms with Crippen LogP contribution in [-0.4, -0.2) is 34.1 Å².